The van der Waals surface area contributed by atoms with Crippen LogP contribution in [0.3, 0.4) is 0 Å². The van der Waals surface area contributed by atoms with E-state index in [1.165, 1.54) is 0 Å². The number of fused-ring (bicyclic) bond motifs is 1. The molecule has 28 heavy (non-hydrogen) atoms. The molecule has 1 aliphatic rings. The van der Waals surface area contributed by atoms with E-state index in [0.29, 0.717) is 18.6 Å². The monoisotopic (exact) mass is 391 g/mol. The van der Waals surface area contributed by atoms with Crippen molar-refractivity contribution in [2.75, 3.05) is 19.6 Å². The Labute approximate surface area is 164 Å². The molecule has 1 unspecified atom stereocenters. The summed E-state index contributed by atoms with van der Waals surface area (Å²) in [5, 5.41) is 15.7. The molecule has 1 heterocycles. The first-order valence-electron chi connectivity index (χ1n) is 9.18. The SMILES string of the molecule is Cc1c(C)c2c(c(C)c1O)CCC(C)(C(=O)NCCNC(=O)CN=C(N)N)O2. The maximum Gasteiger partial charge on any atom is 0.263 e. The number of guanidine groups is 1. The van der Waals surface area contributed by atoms with Crippen LogP contribution in [0.25, 0.3) is 0 Å². The molecule has 0 radical (unpaired) electrons. The van der Waals surface area contributed by atoms with Crippen molar-refractivity contribution in [3.8, 4) is 11.5 Å². The van der Waals surface area contributed by atoms with Crippen molar-refractivity contribution in [1.82, 2.24) is 10.6 Å². The topological polar surface area (TPSA) is 152 Å². The summed E-state index contributed by atoms with van der Waals surface area (Å²) in [6.07, 6.45) is 1.13. The highest BCUT2D eigenvalue weighted by atomic mass is 16.5. The first kappa shape index (κ1) is 21.3. The van der Waals surface area contributed by atoms with Crippen molar-refractivity contribution in [2.45, 2.75) is 46.1 Å². The van der Waals surface area contributed by atoms with Crippen molar-refractivity contribution < 1.29 is 19.4 Å². The fraction of sp³-hybridized carbons (Fsp3) is 0.526. The zero-order valence-electron chi connectivity index (χ0n) is 16.8. The van der Waals surface area contributed by atoms with Crippen LogP contribution in [0.2, 0.25) is 0 Å². The molecule has 2 rings (SSSR count). The Balaban J connectivity index is 1.97. The lowest BCUT2D eigenvalue weighted by atomic mass is 9.86. The Kier molecular flexibility index (Phi) is 6.37. The van der Waals surface area contributed by atoms with Crippen LogP contribution < -0.4 is 26.8 Å². The second-order valence-corrected chi connectivity index (χ2v) is 7.21. The third-order valence-electron chi connectivity index (χ3n) is 5.14. The molecule has 9 nitrogen and oxygen atoms in total. The van der Waals surface area contributed by atoms with Gasteiger partial charge in [-0.15, -0.1) is 0 Å². The van der Waals surface area contributed by atoms with Crippen LogP contribution in [0.1, 0.15) is 35.6 Å². The molecule has 1 aromatic rings. The Morgan fingerprint density at radius 3 is 2.43 bits per heavy atom. The Hall–Kier alpha value is -2.97. The molecule has 2 amide bonds. The van der Waals surface area contributed by atoms with E-state index in [1.807, 2.05) is 20.8 Å². The summed E-state index contributed by atoms with van der Waals surface area (Å²) in [7, 11) is 0. The first-order valence-corrected chi connectivity index (χ1v) is 9.18. The van der Waals surface area contributed by atoms with Crippen molar-refractivity contribution >= 4 is 17.8 Å². The van der Waals surface area contributed by atoms with Gasteiger partial charge >= 0.3 is 0 Å². The van der Waals surface area contributed by atoms with E-state index < -0.39 is 5.60 Å². The third-order valence-corrected chi connectivity index (χ3v) is 5.14. The van der Waals surface area contributed by atoms with Gasteiger partial charge < -0.3 is 31.9 Å². The number of aromatic hydroxyl groups is 1. The standard InChI is InChI=1S/C19H29N5O4/c1-10-11(2)16-13(12(3)15(10)26)5-6-19(4,28-16)17(27)23-8-7-22-14(25)9-24-18(20)21/h26H,5-9H2,1-4H3,(H,22,25)(H,23,27)(H4,20,21,24). The van der Waals surface area contributed by atoms with Crippen molar-refractivity contribution in [1.29, 1.82) is 0 Å². The average molecular weight is 391 g/mol. The molecule has 0 saturated carbocycles. The van der Waals surface area contributed by atoms with E-state index in [4.69, 9.17) is 16.2 Å². The number of aliphatic imine (C=N–C) groups is 1. The molecule has 1 aromatic carbocycles. The lowest BCUT2D eigenvalue weighted by Gasteiger charge is -2.36. The first-order chi connectivity index (χ1) is 13.1. The number of rotatable bonds is 6. The van der Waals surface area contributed by atoms with Gasteiger partial charge in [-0.05, 0) is 50.8 Å². The molecule has 1 atom stereocenters. The molecule has 0 fully saturated rings. The molecule has 0 aliphatic carbocycles. The largest absolute Gasteiger partial charge is 0.507 e. The summed E-state index contributed by atoms with van der Waals surface area (Å²) < 4.78 is 6.12. The van der Waals surface area contributed by atoms with E-state index in [-0.39, 0.29) is 43.2 Å². The number of phenolic OH excluding ortho intramolecular Hbond substituents is 1. The number of hydrogen-bond acceptors (Lipinski definition) is 5. The maximum atomic E-state index is 12.7. The second kappa shape index (κ2) is 8.37. The van der Waals surface area contributed by atoms with Crippen molar-refractivity contribution in [3.63, 3.8) is 0 Å². The number of nitrogens with zero attached hydrogens (tertiary/aromatic N) is 1. The van der Waals surface area contributed by atoms with Crippen LogP contribution in [0.15, 0.2) is 4.99 Å². The molecule has 0 spiro atoms. The number of nitrogens with two attached hydrogens (primary N) is 2. The Morgan fingerprint density at radius 2 is 1.79 bits per heavy atom. The predicted octanol–water partition coefficient (Wildman–Crippen LogP) is -0.0930. The number of benzene rings is 1. The average Bonchev–Trinajstić information content (AvgIpc) is 2.66. The zero-order valence-corrected chi connectivity index (χ0v) is 16.8. The second-order valence-electron chi connectivity index (χ2n) is 7.21. The lowest BCUT2D eigenvalue weighted by molar-refractivity contribution is -0.137. The number of hydrogen-bond donors (Lipinski definition) is 5. The van der Waals surface area contributed by atoms with Gasteiger partial charge in [0.05, 0.1) is 0 Å². The van der Waals surface area contributed by atoms with E-state index in [1.54, 1.807) is 6.92 Å². The highest BCUT2D eigenvalue weighted by molar-refractivity contribution is 5.86. The lowest BCUT2D eigenvalue weighted by Crippen LogP contribution is -2.52. The fourth-order valence-electron chi connectivity index (χ4n) is 3.19. The number of carbonyl (C=O) groups is 2. The molecule has 0 bridgehead atoms. The van der Waals surface area contributed by atoms with Gasteiger partial charge in [-0.25, -0.2) is 4.99 Å². The Morgan fingerprint density at radius 1 is 1.14 bits per heavy atom. The summed E-state index contributed by atoms with van der Waals surface area (Å²) in [6, 6.07) is 0. The third kappa shape index (κ3) is 4.47. The van der Waals surface area contributed by atoms with Crippen LogP contribution in [-0.2, 0) is 16.0 Å². The van der Waals surface area contributed by atoms with Gasteiger partial charge in [-0.2, -0.15) is 0 Å². The van der Waals surface area contributed by atoms with Crippen LogP contribution in [0.4, 0.5) is 0 Å². The van der Waals surface area contributed by atoms with Crippen molar-refractivity contribution in [2.24, 2.45) is 16.5 Å². The molecule has 9 heteroatoms. The zero-order chi connectivity index (χ0) is 21.1. The van der Waals surface area contributed by atoms with Gasteiger partial charge in [0.15, 0.2) is 11.6 Å². The van der Waals surface area contributed by atoms with Crippen LogP contribution in [0.5, 0.6) is 11.5 Å². The number of nitrogens with one attached hydrogen (secondary N) is 2. The molecule has 154 valence electrons. The minimum atomic E-state index is -1.02. The normalized spacial score (nSPS) is 17.9. The molecule has 7 N–H and O–H groups in total. The summed E-state index contributed by atoms with van der Waals surface area (Å²) in [4.78, 5) is 27.8. The summed E-state index contributed by atoms with van der Waals surface area (Å²) >= 11 is 0. The molecular weight excluding hydrogens is 362 g/mol. The number of amides is 2. The van der Waals surface area contributed by atoms with E-state index in [2.05, 4.69) is 15.6 Å². The minimum Gasteiger partial charge on any atom is -0.507 e. The van der Waals surface area contributed by atoms with Gasteiger partial charge in [0, 0.05) is 25.1 Å². The maximum absolute atomic E-state index is 12.7. The summed E-state index contributed by atoms with van der Waals surface area (Å²) in [5.41, 5.74) is 12.6. The quantitative estimate of drug-likeness (QED) is 0.259. The minimum absolute atomic E-state index is 0.153. The van der Waals surface area contributed by atoms with Gasteiger partial charge in [0.1, 0.15) is 18.0 Å². The number of phenols is 1. The van der Waals surface area contributed by atoms with Crippen LogP contribution in [0, 0.1) is 20.8 Å². The molecule has 0 aromatic heterocycles. The van der Waals surface area contributed by atoms with Gasteiger partial charge in [-0.1, -0.05) is 0 Å². The van der Waals surface area contributed by atoms with Crippen LogP contribution in [-0.4, -0.2) is 48.1 Å². The van der Waals surface area contributed by atoms with Gasteiger partial charge in [-0.3, -0.25) is 9.59 Å². The fourth-order valence-corrected chi connectivity index (χ4v) is 3.19. The van der Waals surface area contributed by atoms with Gasteiger partial charge in [0.2, 0.25) is 5.91 Å². The molecular formula is C19H29N5O4. The van der Waals surface area contributed by atoms with Gasteiger partial charge in [0.25, 0.3) is 5.91 Å². The predicted molar refractivity (Wildman–Crippen MR) is 106 cm³/mol. The summed E-state index contributed by atoms with van der Waals surface area (Å²) in [6.45, 7) is 7.67. The van der Waals surface area contributed by atoms with E-state index in [9.17, 15) is 14.7 Å². The summed E-state index contributed by atoms with van der Waals surface area (Å²) in [5.74, 6) is 0.212. The number of carbonyl (C=O) groups excluding carboxylic acids is 2. The Bertz CT molecular complexity index is 817. The molecule has 0 saturated heterocycles. The van der Waals surface area contributed by atoms with Crippen molar-refractivity contribution in [3.05, 3.63) is 22.3 Å². The number of ether oxygens (including phenoxy) is 1. The molecule has 1 aliphatic heterocycles. The van der Waals surface area contributed by atoms with Crippen LogP contribution >= 0.6 is 0 Å². The van der Waals surface area contributed by atoms with E-state index >= 15 is 0 Å². The highest BCUT2D eigenvalue weighted by Gasteiger charge is 2.40. The highest BCUT2D eigenvalue weighted by Crippen LogP contribution is 2.43. The van der Waals surface area contributed by atoms with E-state index in [0.717, 1.165) is 22.3 Å². The smallest absolute Gasteiger partial charge is 0.263 e.